The molecule has 3 N–H and O–H groups in total. The molecule has 1 saturated heterocycles. The molecule has 2 aliphatic rings. The van der Waals surface area contributed by atoms with Crippen LogP contribution >= 0.6 is 0 Å². The number of para-hydroxylation sites is 1. The van der Waals surface area contributed by atoms with E-state index in [0.717, 1.165) is 38.2 Å². The number of nitrogens with one attached hydrogen (secondary N) is 3. The second-order valence-electron chi connectivity index (χ2n) is 9.37. The van der Waals surface area contributed by atoms with Gasteiger partial charge in [-0.1, -0.05) is 54.6 Å². The van der Waals surface area contributed by atoms with Crippen molar-refractivity contribution >= 4 is 17.8 Å². The molecule has 5 rings (SSSR count). The highest BCUT2D eigenvalue weighted by atomic mass is 16.5. The maximum absolute atomic E-state index is 6.15. The van der Waals surface area contributed by atoms with Crippen LogP contribution in [0.25, 0.3) is 0 Å². The molecule has 3 aromatic rings. The first-order chi connectivity index (χ1) is 18.2. The lowest BCUT2D eigenvalue weighted by molar-refractivity contribution is 0.306. The van der Waals surface area contributed by atoms with Crippen LogP contribution in [-0.2, 0) is 6.61 Å². The van der Waals surface area contributed by atoms with E-state index in [2.05, 4.69) is 91.4 Å². The number of piperidine rings is 1. The SMILES string of the molecule is C=CCNc1nc(NCC=C)nc(N2CCC(NC[C@H]3c4ccccc4COc4ccccc43)CC2)n1. The Hall–Kier alpha value is -3.91. The van der Waals surface area contributed by atoms with Gasteiger partial charge in [0.25, 0.3) is 0 Å². The number of anilines is 3. The average Bonchev–Trinajstić information content (AvgIpc) is 3.11. The molecule has 1 atom stereocenters. The third-order valence-corrected chi connectivity index (χ3v) is 6.93. The van der Waals surface area contributed by atoms with Gasteiger partial charge in [0.2, 0.25) is 17.8 Å². The first-order valence-corrected chi connectivity index (χ1v) is 13.0. The van der Waals surface area contributed by atoms with Crippen molar-refractivity contribution in [3.63, 3.8) is 0 Å². The molecule has 2 aromatic carbocycles. The highest BCUT2D eigenvalue weighted by molar-refractivity contribution is 5.47. The third-order valence-electron chi connectivity index (χ3n) is 6.93. The molecule has 3 heterocycles. The molecule has 0 aliphatic carbocycles. The van der Waals surface area contributed by atoms with E-state index in [1.165, 1.54) is 16.7 Å². The summed E-state index contributed by atoms with van der Waals surface area (Å²) in [7, 11) is 0. The number of fused-ring (bicyclic) bond motifs is 2. The van der Waals surface area contributed by atoms with E-state index < -0.39 is 0 Å². The van der Waals surface area contributed by atoms with Crippen LogP contribution in [0.5, 0.6) is 5.75 Å². The largest absolute Gasteiger partial charge is 0.489 e. The minimum absolute atomic E-state index is 0.258. The van der Waals surface area contributed by atoms with E-state index in [4.69, 9.17) is 4.74 Å². The molecule has 37 heavy (non-hydrogen) atoms. The molecule has 0 bridgehead atoms. The number of hydrogen-bond acceptors (Lipinski definition) is 8. The highest BCUT2D eigenvalue weighted by Crippen LogP contribution is 2.37. The molecule has 1 fully saturated rings. The highest BCUT2D eigenvalue weighted by Gasteiger charge is 2.27. The zero-order chi connectivity index (χ0) is 25.5. The molecular weight excluding hydrogens is 462 g/mol. The quantitative estimate of drug-likeness (QED) is 0.357. The third kappa shape index (κ3) is 5.91. The monoisotopic (exact) mass is 497 g/mol. The summed E-state index contributed by atoms with van der Waals surface area (Å²) in [5.41, 5.74) is 3.86. The number of benzene rings is 2. The average molecular weight is 498 g/mol. The lowest BCUT2D eigenvalue weighted by Gasteiger charge is -2.33. The molecular formula is C29H35N7O. The zero-order valence-electron chi connectivity index (χ0n) is 21.2. The maximum Gasteiger partial charge on any atom is 0.231 e. The van der Waals surface area contributed by atoms with Gasteiger partial charge in [0.15, 0.2) is 0 Å². The summed E-state index contributed by atoms with van der Waals surface area (Å²) in [6.45, 7) is 12.0. The Kier molecular flexibility index (Phi) is 7.96. The molecule has 2 aliphatic heterocycles. The Bertz CT molecular complexity index is 1140. The molecule has 192 valence electrons. The topological polar surface area (TPSA) is 87.2 Å². The van der Waals surface area contributed by atoms with Gasteiger partial charge in [0.1, 0.15) is 12.4 Å². The van der Waals surface area contributed by atoms with Crippen LogP contribution in [0, 0.1) is 0 Å². The predicted molar refractivity (Wildman–Crippen MR) is 149 cm³/mol. The van der Waals surface area contributed by atoms with Crippen LogP contribution in [-0.4, -0.2) is 53.7 Å². The Labute approximate surface area is 218 Å². The van der Waals surface area contributed by atoms with E-state index >= 15 is 0 Å². The summed E-state index contributed by atoms with van der Waals surface area (Å²) in [5, 5.41) is 10.2. The first-order valence-electron chi connectivity index (χ1n) is 13.0. The fraction of sp³-hybridized carbons (Fsp3) is 0.345. The van der Waals surface area contributed by atoms with Crippen LogP contribution in [0.3, 0.4) is 0 Å². The number of aromatic nitrogens is 3. The number of nitrogens with zero attached hydrogens (tertiary/aromatic N) is 4. The normalized spacial score (nSPS) is 17.1. The van der Waals surface area contributed by atoms with Crippen LogP contribution in [0.2, 0.25) is 0 Å². The van der Waals surface area contributed by atoms with Gasteiger partial charge in [-0.3, -0.25) is 0 Å². The zero-order valence-corrected chi connectivity index (χ0v) is 21.2. The van der Waals surface area contributed by atoms with Crippen molar-refractivity contribution in [2.75, 3.05) is 48.3 Å². The van der Waals surface area contributed by atoms with E-state index in [-0.39, 0.29) is 5.92 Å². The van der Waals surface area contributed by atoms with E-state index in [1.54, 1.807) is 12.2 Å². The summed E-state index contributed by atoms with van der Waals surface area (Å²) in [4.78, 5) is 16.0. The summed E-state index contributed by atoms with van der Waals surface area (Å²) in [6.07, 6.45) is 5.61. The van der Waals surface area contributed by atoms with Crippen molar-refractivity contribution < 1.29 is 4.74 Å². The molecule has 8 nitrogen and oxygen atoms in total. The van der Waals surface area contributed by atoms with Crippen molar-refractivity contribution in [3.8, 4) is 5.75 Å². The predicted octanol–water partition coefficient (Wildman–Crippen LogP) is 4.35. The second-order valence-corrected chi connectivity index (χ2v) is 9.37. The molecule has 0 amide bonds. The van der Waals surface area contributed by atoms with Gasteiger partial charge in [0.05, 0.1) is 0 Å². The van der Waals surface area contributed by atoms with Gasteiger partial charge in [0, 0.05) is 50.2 Å². The van der Waals surface area contributed by atoms with Gasteiger partial charge in [-0.05, 0) is 30.0 Å². The van der Waals surface area contributed by atoms with Crippen molar-refractivity contribution in [3.05, 3.63) is 90.5 Å². The molecule has 8 heteroatoms. The fourth-order valence-corrected chi connectivity index (χ4v) is 5.01. The molecule has 0 spiro atoms. The van der Waals surface area contributed by atoms with Crippen molar-refractivity contribution in [1.82, 2.24) is 20.3 Å². The maximum atomic E-state index is 6.15. The number of rotatable bonds is 10. The van der Waals surface area contributed by atoms with Crippen LogP contribution < -0.4 is 25.6 Å². The van der Waals surface area contributed by atoms with Crippen molar-refractivity contribution in [2.45, 2.75) is 31.4 Å². The number of ether oxygens (including phenoxy) is 1. The summed E-state index contributed by atoms with van der Waals surface area (Å²) >= 11 is 0. The summed E-state index contributed by atoms with van der Waals surface area (Å²) in [6, 6.07) is 17.5. The molecule has 0 unspecified atom stereocenters. The fourth-order valence-electron chi connectivity index (χ4n) is 5.01. The minimum atomic E-state index is 0.258. The lowest BCUT2D eigenvalue weighted by Crippen LogP contribution is -2.44. The Balaban J connectivity index is 1.25. The van der Waals surface area contributed by atoms with E-state index in [1.807, 2.05) is 6.07 Å². The standard InChI is InChI=1S/C29H35N7O/c1-3-15-30-27-33-28(31-16-4-2)35-29(34-27)36-17-13-22(14-18-36)32-19-25-23-10-6-5-9-21(23)20-37-26-12-8-7-11-24(25)26/h3-12,22,25,32H,1-2,13-20H2,(H2,30,31,33,34,35)/t25-/m0/s1. The Morgan fingerprint density at radius 3 is 2.22 bits per heavy atom. The van der Waals surface area contributed by atoms with Crippen molar-refractivity contribution in [2.24, 2.45) is 0 Å². The van der Waals surface area contributed by atoms with Crippen LogP contribution in [0.4, 0.5) is 17.8 Å². The van der Waals surface area contributed by atoms with Gasteiger partial charge >= 0.3 is 0 Å². The van der Waals surface area contributed by atoms with Gasteiger partial charge in [-0.25, -0.2) is 0 Å². The van der Waals surface area contributed by atoms with Crippen LogP contribution in [0.1, 0.15) is 35.4 Å². The summed E-state index contributed by atoms with van der Waals surface area (Å²) in [5.74, 6) is 3.02. The van der Waals surface area contributed by atoms with Gasteiger partial charge in [-0.15, -0.1) is 13.2 Å². The first kappa shape index (κ1) is 24.8. The Morgan fingerprint density at radius 1 is 0.865 bits per heavy atom. The van der Waals surface area contributed by atoms with E-state index in [0.29, 0.717) is 43.6 Å². The smallest absolute Gasteiger partial charge is 0.231 e. The van der Waals surface area contributed by atoms with Gasteiger partial charge < -0.3 is 25.6 Å². The summed E-state index contributed by atoms with van der Waals surface area (Å²) < 4.78 is 6.15. The van der Waals surface area contributed by atoms with Crippen LogP contribution in [0.15, 0.2) is 73.8 Å². The minimum Gasteiger partial charge on any atom is -0.489 e. The van der Waals surface area contributed by atoms with Crippen molar-refractivity contribution in [1.29, 1.82) is 0 Å². The molecule has 0 saturated carbocycles. The lowest BCUT2D eigenvalue weighted by atomic mass is 9.88. The molecule has 1 aromatic heterocycles. The molecule has 0 radical (unpaired) electrons. The van der Waals surface area contributed by atoms with E-state index in [9.17, 15) is 0 Å². The Morgan fingerprint density at radius 2 is 1.51 bits per heavy atom. The second kappa shape index (κ2) is 11.9. The van der Waals surface area contributed by atoms with Gasteiger partial charge in [-0.2, -0.15) is 15.0 Å². The number of hydrogen-bond donors (Lipinski definition) is 3.